The molecule has 2 aromatic rings. The molecule has 114 valence electrons. The molecule has 2 heteroatoms. The van der Waals surface area contributed by atoms with Gasteiger partial charge in [-0.2, -0.15) is 0 Å². The highest BCUT2D eigenvalue weighted by molar-refractivity contribution is 6.09. The lowest BCUT2D eigenvalue weighted by atomic mass is 9.80. The molecule has 0 amide bonds. The molecule has 2 nitrogen and oxygen atoms in total. The Labute approximate surface area is 132 Å². The van der Waals surface area contributed by atoms with Crippen LogP contribution in [0.3, 0.4) is 0 Å². The molecule has 0 heterocycles. The lowest BCUT2D eigenvalue weighted by Gasteiger charge is -2.22. The standard InChI is InChI=1S/C20H22O2/c1-14(19(22)20(2,3)4)15-10-12-17(13-11-15)18(21)16-8-6-5-7-9-16/h5-14H,1-4H3. The van der Waals surface area contributed by atoms with Crippen molar-refractivity contribution in [3.63, 3.8) is 0 Å². The first kappa shape index (κ1) is 16.2. The lowest BCUT2D eigenvalue weighted by molar-refractivity contribution is -0.127. The Morgan fingerprint density at radius 3 is 1.82 bits per heavy atom. The number of benzene rings is 2. The first-order valence-corrected chi connectivity index (χ1v) is 7.54. The Kier molecular flexibility index (Phi) is 4.60. The Morgan fingerprint density at radius 2 is 1.32 bits per heavy atom. The zero-order valence-electron chi connectivity index (χ0n) is 13.6. The Morgan fingerprint density at radius 1 is 0.818 bits per heavy atom. The second-order valence-electron chi connectivity index (χ2n) is 6.65. The summed E-state index contributed by atoms with van der Waals surface area (Å²) in [5.41, 5.74) is 1.90. The molecule has 0 radical (unpaired) electrons. The van der Waals surface area contributed by atoms with Gasteiger partial charge in [0.1, 0.15) is 5.78 Å². The second kappa shape index (κ2) is 6.27. The average Bonchev–Trinajstić information content (AvgIpc) is 2.53. The van der Waals surface area contributed by atoms with Crippen LogP contribution in [0.1, 0.15) is 55.1 Å². The summed E-state index contributed by atoms with van der Waals surface area (Å²) in [5.74, 6) is 0.0393. The highest BCUT2D eigenvalue weighted by atomic mass is 16.1. The van der Waals surface area contributed by atoms with E-state index < -0.39 is 0 Å². The van der Waals surface area contributed by atoms with E-state index in [0.717, 1.165) is 5.56 Å². The zero-order chi connectivity index (χ0) is 16.3. The molecule has 0 saturated carbocycles. The van der Waals surface area contributed by atoms with Crippen LogP contribution in [0.4, 0.5) is 0 Å². The maximum Gasteiger partial charge on any atom is 0.193 e. The summed E-state index contributed by atoms with van der Waals surface area (Å²) in [6, 6.07) is 16.6. The summed E-state index contributed by atoms with van der Waals surface area (Å²) in [7, 11) is 0. The van der Waals surface area contributed by atoms with Crippen LogP contribution in [0.25, 0.3) is 0 Å². The van der Waals surface area contributed by atoms with Gasteiger partial charge in [-0.15, -0.1) is 0 Å². The van der Waals surface area contributed by atoms with Crippen LogP contribution in [0.2, 0.25) is 0 Å². The van der Waals surface area contributed by atoms with Gasteiger partial charge in [0, 0.05) is 22.5 Å². The third kappa shape index (κ3) is 3.51. The smallest absolute Gasteiger partial charge is 0.193 e. The van der Waals surface area contributed by atoms with Crippen LogP contribution >= 0.6 is 0 Å². The average molecular weight is 294 g/mol. The number of carbonyl (C=O) groups is 2. The van der Waals surface area contributed by atoms with Gasteiger partial charge >= 0.3 is 0 Å². The predicted octanol–water partition coefficient (Wildman–Crippen LogP) is 4.64. The third-order valence-electron chi connectivity index (χ3n) is 3.84. The fraction of sp³-hybridized carbons (Fsp3) is 0.300. The lowest BCUT2D eigenvalue weighted by Crippen LogP contribution is -2.25. The maximum atomic E-state index is 12.4. The number of rotatable bonds is 4. The quantitative estimate of drug-likeness (QED) is 0.770. The fourth-order valence-electron chi connectivity index (χ4n) is 2.48. The van der Waals surface area contributed by atoms with E-state index in [9.17, 15) is 9.59 Å². The number of hydrogen-bond acceptors (Lipinski definition) is 2. The van der Waals surface area contributed by atoms with Crippen LogP contribution in [-0.2, 0) is 4.79 Å². The largest absolute Gasteiger partial charge is 0.298 e. The van der Waals surface area contributed by atoms with Crippen molar-refractivity contribution in [2.75, 3.05) is 0 Å². The van der Waals surface area contributed by atoms with Crippen LogP contribution in [0, 0.1) is 5.41 Å². The number of hydrogen-bond donors (Lipinski definition) is 0. The van der Waals surface area contributed by atoms with Gasteiger partial charge in [0.25, 0.3) is 0 Å². The number of carbonyl (C=O) groups excluding carboxylic acids is 2. The highest BCUT2D eigenvalue weighted by Crippen LogP contribution is 2.27. The monoisotopic (exact) mass is 294 g/mol. The first-order chi connectivity index (χ1) is 10.3. The van der Waals surface area contributed by atoms with Crippen molar-refractivity contribution in [3.8, 4) is 0 Å². The molecule has 22 heavy (non-hydrogen) atoms. The van der Waals surface area contributed by atoms with Crippen molar-refractivity contribution >= 4 is 11.6 Å². The molecule has 1 atom stereocenters. The molecule has 0 aromatic heterocycles. The molecule has 1 unspecified atom stereocenters. The van der Waals surface area contributed by atoms with Gasteiger partial charge < -0.3 is 0 Å². The van der Waals surface area contributed by atoms with E-state index in [1.807, 2.05) is 70.2 Å². The molecule has 2 rings (SSSR count). The van der Waals surface area contributed by atoms with Gasteiger partial charge in [-0.05, 0) is 5.56 Å². The van der Waals surface area contributed by atoms with Crippen LogP contribution in [0.15, 0.2) is 54.6 Å². The van der Waals surface area contributed by atoms with E-state index in [1.54, 1.807) is 12.1 Å². The summed E-state index contributed by atoms with van der Waals surface area (Å²) < 4.78 is 0. The van der Waals surface area contributed by atoms with Crippen molar-refractivity contribution in [1.29, 1.82) is 0 Å². The molecule has 0 spiro atoms. The van der Waals surface area contributed by atoms with Gasteiger partial charge in [0.2, 0.25) is 0 Å². The van der Waals surface area contributed by atoms with E-state index in [-0.39, 0.29) is 22.9 Å². The van der Waals surface area contributed by atoms with Crippen LogP contribution < -0.4 is 0 Å². The predicted molar refractivity (Wildman–Crippen MR) is 89.2 cm³/mol. The van der Waals surface area contributed by atoms with Crippen molar-refractivity contribution in [2.24, 2.45) is 5.41 Å². The molecular weight excluding hydrogens is 272 g/mol. The van der Waals surface area contributed by atoms with E-state index in [4.69, 9.17) is 0 Å². The Bertz CT molecular complexity index is 661. The van der Waals surface area contributed by atoms with Crippen molar-refractivity contribution < 1.29 is 9.59 Å². The van der Waals surface area contributed by atoms with Gasteiger partial charge in [-0.3, -0.25) is 9.59 Å². The van der Waals surface area contributed by atoms with E-state index in [0.29, 0.717) is 11.1 Å². The summed E-state index contributed by atoms with van der Waals surface area (Å²) in [4.78, 5) is 24.7. The molecule has 2 aromatic carbocycles. The topological polar surface area (TPSA) is 34.1 Å². The van der Waals surface area contributed by atoms with E-state index in [1.165, 1.54) is 0 Å². The number of Topliss-reactive ketones (excluding diaryl/α,β-unsaturated/α-hetero) is 1. The Hall–Kier alpha value is -2.22. The van der Waals surface area contributed by atoms with Gasteiger partial charge in [0.15, 0.2) is 5.78 Å². The van der Waals surface area contributed by atoms with Gasteiger partial charge in [0.05, 0.1) is 0 Å². The summed E-state index contributed by atoms with van der Waals surface area (Å²) in [5, 5.41) is 0. The normalized spacial score (nSPS) is 12.7. The minimum absolute atomic E-state index is 0.00181. The molecule has 0 N–H and O–H groups in total. The van der Waals surface area contributed by atoms with E-state index in [2.05, 4.69) is 0 Å². The SMILES string of the molecule is CC(C(=O)C(C)(C)C)c1ccc(C(=O)c2ccccc2)cc1. The molecule has 0 aliphatic heterocycles. The fourth-order valence-corrected chi connectivity index (χ4v) is 2.48. The summed E-state index contributed by atoms with van der Waals surface area (Å²) in [6.07, 6.45) is 0. The van der Waals surface area contributed by atoms with Gasteiger partial charge in [-0.1, -0.05) is 82.3 Å². The molecule has 0 aliphatic carbocycles. The van der Waals surface area contributed by atoms with Crippen molar-refractivity contribution in [3.05, 3.63) is 71.3 Å². The highest BCUT2D eigenvalue weighted by Gasteiger charge is 2.27. The Balaban J connectivity index is 2.21. The van der Waals surface area contributed by atoms with Crippen molar-refractivity contribution in [2.45, 2.75) is 33.6 Å². The van der Waals surface area contributed by atoms with Gasteiger partial charge in [-0.25, -0.2) is 0 Å². The van der Waals surface area contributed by atoms with Crippen LogP contribution in [0.5, 0.6) is 0 Å². The second-order valence-corrected chi connectivity index (χ2v) is 6.65. The third-order valence-corrected chi connectivity index (χ3v) is 3.84. The van der Waals surface area contributed by atoms with Crippen LogP contribution in [-0.4, -0.2) is 11.6 Å². The molecule has 0 saturated heterocycles. The molecule has 0 bridgehead atoms. The molecule has 0 aliphatic rings. The zero-order valence-corrected chi connectivity index (χ0v) is 13.6. The van der Waals surface area contributed by atoms with E-state index >= 15 is 0 Å². The first-order valence-electron chi connectivity index (χ1n) is 7.54. The van der Waals surface area contributed by atoms with Crippen molar-refractivity contribution in [1.82, 2.24) is 0 Å². The summed E-state index contributed by atoms with van der Waals surface area (Å²) in [6.45, 7) is 7.71. The summed E-state index contributed by atoms with van der Waals surface area (Å²) >= 11 is 0. The minimum atomic E-state index is -0.363. The molecule has 0 fully saturated rings. The maximum absolute atomic E-state index is 12.4. The molecular formula is C20H22O2. The minimum Gasteiger partial charge on any atom is -0.298 e. The number of ketones is 2.